The van der Waals surface area contributed by atoms with E-state index in [2.05, 4.69) is 4.99 Å². The molecule has 4 rings (SSSR count). The topological polar surface area (TPSA) is 34.4 Å². The number of halogens is 3. The van der Waals surface area contributed by atoms with Crippen molar-refractivity contribution in [3.8, 4) is 16.9 Å². The van der Waals surface area contributed by atoms with Crippen LogP contribution in [0.15, 0.2) is 89.2 Å². The molecule has 1 heterocycles. The third-order valence-electron chi connectivity index (χ3n) is 4.71. The fraction of sp³-hybridized carbons (Fsp3) is 0.0833. The van der Waals surface area contributed by atoms with E-state index in [1.54, 1.807) is 46.3 Å². The molecule has 3 nitrogen and oxygen atoms in total. The first-order valence-corrected chi connectivity index (χ1v) is 10.3. The number of hydrogen-bond donors (Lipinski definition) is 0. The molecule has 0 saturated carbocycles. The first-order chi connectivity index (χ1) is 14.8. The van der Waals surface area contributed by atoms with Crippen LogP contribution in [0, 0.1) is 6.92 Å². The number of benzene rings is 3. The standard InChI is InChI=1S/C24H17F3N2OS/c1-16-10-12-17(13-11-16)21-15-31-23(28-22(30)18-6-3-2-4-7-18)29(21)20-9-5-8-19(14-20)24(25,26)27/h2-15H,1H3. The smallest absolute Gasteiger partial charge is 0.285 e. The monoisotopic (exact) mass is 438 g/mol. The highest BCUT2D eigenvalue weighted by Gasteiger charge is 2.30. The van der Waals surface area contributed by atoms with Crippen molar-refractivity contribution in [3.63, 3.8) is 0 Å². The van der Waals surface area contributed by atoms with Crippen LogP contribution < -0.4 is 4.80 Å². The van der Waals surface area contributed by atoms with Crippen LogP contribution in [0.1, 0.15) is 21.5 Å². The van der Waals surface area contributed by atoms with E-state index in [4.69, 9.17) is 0 Å². The van der Waals surface area contributed by atoms with E-state index < -0.39 is 17.6 Å². The maximum Gasteiger partial charge on any atom is 0.416 e. The predicted octanol–water partition coefficient (Wildman–Crippen LogP) is 6.27. The molecule has 156 valence electrons. The molecule has 3 aromatic carbocycles. The number of aryl methyl sites for hydroxylation is 1. The van der Waals surface area contributed by atoms with Crippen molar-refractivity contribution in [1.29, 1.82) is 0 Å². The number of carbonyl (C=O) groups excluding carboxylic acids is 1. The minimum atomic E-state index is -4.48. The summed E-state index contributed by atoms with van der Waals surface area (Å²) in [5.41, 5.74) is 2.46. The van der Waals surface area contributed by atoms with Gasteiger partial charge in [0.25, 0.3) is 5.91 Å². The van der Waals surface area contributed by atoms with Crippen LogP contribution in [0.4, 0.5) is 13.2 Å². The highest BCUT2D eigenvalue weighted by Crippen LogP contribution is 2.31. The van der Waals surface area contributed by atoms with Crippen molar-refractivity contribution < 1.29 is 18.0 Å². The SMILES string of the molecule is Cc1ccc(-c2csc(=NC(=O)c3ccccc3)n2-c2cccc(C(F)(F)F)c2)cc1. The summed E-state index contributed by atoms with van der Waals surface area (Å²) < 4.78 is 41.6. The Morgan fingerprint density at radius 2 is 1.65 bits per heavy atom. The van der Waals surface area contributed by atoms with Crippen molar-refractivity contribution in [2.45, 2.75) is 13.1 Å². The Morgan fingerprint density at radius 3 is 2.32 bits per heavy atom. The Bertz CT molecular complexity index is 1290. The van der Waals surface area contributed by atoms with Crippen LogP contribution in [0.25, 0.3) is 16.9 Å². The average molecular weight is 438 g/mol. The second-order valence-corrected chi connectivity index (χ2v) is 7.77. The number of alkyl halides is 3. The number of thiazole rings is 1. The number of aromatic nitrogens is 1. The van der Waals surface area contributed by atoms with Gasteiger partial charge in [0.1, 0.15) is 0 Å². The van der Waals surface area contributed by atoms with E-state index in [1.165, 1.54) is 17.4 Å². The lowest BCUT2D eigenvalue weighted by molar-refractivity contribution is -0.137. The molecule has 31 heavy (non-hydrogen) atoms. The molecule has 0 N–H and O–H groups in total. The summed E-state index contributed by atoms with van der Waals surface area (Å²) in [5.74, 6) is -0.460. The molecule has 0 aliphatic carbocycles. The minimum absolute atomic E-state index is 0.284. The third kappa shape index (κ3) is 4.51. The maximum absolute atomic E-state index is 13.3. The Kier molecular flexibility index (Phi) is 5.61. The van der Waals surface area contributed by atoms with Crippen LogP contribution in [-0.2, 0) is 6.18 Å². The summed E-state index contributed by atoms with van der Waals surface area (Å²) in [6, 6.07) is 21.2. The van der Waals surface area contributed by atoms with E-state index in [-0.39, 0.29) is 5.69 Å². The van der Waals surface area contributed by atoms with Gasteiger partial charge in [-0.3, -0.25) is 9.36 Å². The molecule has 0 spiro atoms. The largest absolute Gasteiger partial charge is 0.416 e. The Morgan fingerprint density at radius 1 is 0.935 bits per heavy atom. The molecule has 0 unspecified atom stereocenters. The van der Waals surface area contributed by atoms with Crippen LogP contribution in [0.3, 0.4) is 0 Å². The van der Waals surface area contributed by atoms with Crippen LogP contribution in [0.5, 0.6) is 0 Å². The van der Waals surface area contributed by atoms with E-state index >= 15 is 0 Å². The van der Waals surface area contributed by atoms with Crippen LogP contribution in [0.2, 0.25) is 0 Å². The maximum atomic E-state index is 13.3. The third-order valence-corrected chi connectivity index (χ3v) is 5.53. The fourth-order valence-corrected chi connectivity index (χ4v) is 4.02. The second kappa shape index (κ2) is 8.35. The minimum Gasteiger partial charge on any atom is -0.285 e. The molecule has 7 heteroatoms. The van der Waals surface area contributed by atoms with Gasteiger partial charge in [0.05, 0.1) is 11.3 Å². The molecule has 0 fully saturated rings. The van der Waals surface area contributed by atoms with Gasteiger partial charge in [-0.25, -0.2) is 0 Å². The molecule has 0 aliphatic rings. The number of amides is 1. The summed E-state index contributed by atoms with van der Waals surface area (Å²) >= 11 is 1.20. The van der Waals surface area contributed by atoms with Crippen molar-refractivity contribution in [2.75, 3.05) is 0 Å². The normalized spacial score (nSPS) is 12.2. The van der Waals surface area contributed by atoms with Crippen molar-refractivity contribution in [1.82, 2.24) is 4.57 Å². The van der Waals surface area contributed by atoms with Crippen LogP contribution >= 0.6 is 11.3 Å². The van der Waals surface area contributed by atoms with Gasteiger partial charge in [-0.2, -0.15) is 18.2 Å². The molecule has 0 aliphatic heterocycles. The molecular weight excluding hydrogens is 421 g/mol. The zero-order valence-corrected chi connectivity index (χ0v) is 17.2. The highest BCUT2D eigenvalue weighted by molar-refractivity contribution is 7.07. The van der Waals surface area contributed by atoms with Crippen LogP contribution in [-0.4, -0.2) is 10.5 Å². The van der Waals surface area contributed by atoms with Gasteiger partial charge in [0.15, 0.2) is 4.80 Å². The van der Waals surface area contributed by atoms with Gasteiger partial charge < -0.3 is 0 Å². The summed E-state index contributed by atoms with van der Waals surface area (Å²) in [4.78, 5) is 17.2. The predicted molar refractivity (Wildman–Crippen MR) is 115 cm³/mol. The fourth-order valence-electron chi connectivity index (χ4n) is 3.12. The Labute approximate surface area is 180 Å². The first-order valence-electron chi connectivity index (χ1n) is 9.42. The Balaban J connectivity index is 1.92. The number of hydrogen-bond acceptors (Lipinski definition) is 2. The second-order valence-electron chi connectivity index (χ2n) is 6.94. The van der Waals surface area contributed by atoms with Gasteiger partial charge >= 0.3 is 6.18 Å². The van der Waals surface area contributed by atoms with E-state index in [0.717, 1.165) is 23.3 Å². The lowest BCUT2D eigenvalue weighted by atomic mass is 10.1. The number of rotatable bonds is 3. The van der Waals surface area contributed by atoms with Gasteiger partial charge in [0, 0.05) is 16.6 Å². The molecule has 0 atom stereocenters. The summed E-state index contributed by atoms with van der Waals surface area (Å²) in [5, 5.41) is 1.79. The van der Waals surface area contributed by atoms with E-state index in [9.17, 15) is 18.0 Å². The molecule has 0 bridgehead atoms. The molecule has 4 aromatic rings. The number of nitrogens with zero attached hydrogens (tertiary/aromatic N) is 2. The van der Waals surface area contributed by atoms with E-state index in [0.29, 0.717) is 16.1 Å². The average Bonchev–Trinajstić information content (AvgIpc) is 3.18. The Hall–Kier alpha value is -3.45. The molecule has 1 aromatic heterocycles. The van der Waals surface area contributed by atoms with Crippen molar-refractivity contribution in [3.05, 3.63) is 106 Å². The lowest BCUT2D eigenvalue weighted by Crippen LogP contribution is -2.17. The summed E-state index contributed by atoms with van der Waals surface area (Å²) in [6.07, 6.45) is -4.48. The molecule has 0 radical (unpaired) electrons. The molecule has 1 amide bonds. The summed E-state index contributed by atoms with van der Waals surface area (Å²) in [7, 11) is 0. The lowest BCUT2D eigenvalue weighted by Gasteiger charge is -2.12. The molecule has 0 saturated heterocycles. The van der Waals surface area contributed by atoms with Gasteiger partial charge in [-0.15, -0.1) is 11.3 Å². The quantitative estimate of drug-likeness (QED) is 0.371. The van der Waals surface area contributed by atoms with Crippen molar-refractivity contribution >= 4 is 17.2 Å². The van der Waals surface area contributed by atoms with E-state index in [1.807, 2.05) is 31.2 Å². The molecular formula is C24H17F3N2OS. The van der Waals surface area contributed by atoms with Gasteiger partial charge in [-0.05, 0) is 42.8 Å². The zero-order valence-electron chi connectivity index (χ0n) is 16.4. The summed E-state index contributed by atoms with van der Waals surface area (Å²) in [6.45, 7) is 1.96. The zero-order chi connectivity index (χ0) is 22.0. The number of carbonyl (C=O) groups is 1. The van der Waals surface area contributed by atoms with Gasteiger partial charge in [-0.1, -0.05) is 54.1 Å². The van der Waals surface area contributed by atoms with Crippen molar-refractivity contribution in [2.24, 2.45) is 4.99 Å². The first kappa shape index (κ1) is 20.8. The highest BCUT2D eigenvalue weighted by atomic mass is 32.1. The van der Waals surface area contributed by atoms with Gasteiger partial charge in [0.2, 0.25) is 0 Å².